The summed E-state index contributed by atoms with van der Waals surface area (Å²) in [7, 11) is 2.05. The van der Waals surface area contributed by atoms with Gasteiger partial charge in [0.1, 0.15) is 12.7 Å². The third-order valence-electron chi connectivity index (χ3n) is 6.65. The van der Waals surface area contributed by atoms with Crippen LogP contribution in [-0.4, -0.2) is 40.9 Å². The van der Waals surface area contributed by atoms with E-state index in [1.165, 1.54) is 10.9 Å². The van der Waals surface area contributed by atoms with Crippen molar-refractivity contribution in [3.63, 3.8) is 0 Å². The fourth-order valence-corrected chi connectivity index (χ4v) is 5.12. The van der Waals surface area contributed by atoms with Gasteiger partial charge < -0.3 is 19.7 Å². The predicted octanol–water partition coefficient (Wildman–Crippen LogP) is 3.07. The molecule has 1 N–H and O–H groups in total. The van der Waals surface area contributed by atoms with E-state index in [2.05, 4.69) is 33.0 Å². The molecule has 0 spiro atoms. The number of amides is 2. The van der Waals surface area contributed by atoms with Crippen LogP contribution in [0.15, 0.2) is 48.5 Å². The quantitative estimate of drug-likeness (QED) is 0.735. The van der Waals surface area contributed by atoms with Crippen molar-refractivity contribution in [2.45, 2.75) is 38.0 Å². The Labute approximate surface area is 175 Å². The number of benzene rings is 2. The fourth-order valence-electron chi connectivity index (χ4n) is 5.12. The van der Waals surface area contributed by atoms with Gasteiger partial charge in [-0.2, -0.15) is 0 Å². The van der Waals surface area contributed by atoms with Gasteiger partial charge >= 0.3 is 0 Å². The van der Waals surface area contributed by atoms with Crippen LogP contribution in [0.25, 0.3) is 10.9 Å². The summed E-state index contributed by atoms with van der Waals surface area (Å²) in [6.45, 7) is 0.956. The molecule has 6 heteroatoms. The Hall–Kier alpha value is -3.28. The third-order valence-corrected chi connectivity index (χ3v) is 6.65. The van der Waals surface area contributed by atoms with Crippen LogP contribution in [0.4, 0.5) is 5.69 Å². The summed E-state index contributed by atoms with van der Waals surface area (Å²) in [5.41, 5.74) is 5.07. The Balaban J connectivity index is 1.52. The van der Waals surface area contributed by atoms with Crippen LogP contribution >= 0.6 is 0 Å². The summed E-state index contributed by atoms with van der Waals surface area (Å²) in [5, 5.41) is 4.30. The van der Waals surface area contributed by atoms with Crippen molar-refractivity contribution in [1.29, 1.82) is 0 Å². The number of para-hydroxylation sites is 2. The summed E-state index contributed by atoms with van der Waals surface area (Å²) in [4.78, 5) is 30.2. The summed E-state index contributed by atoms with van der Waals surface area (Å²) in [6.07, 6.45) is 2.73. The fraction of sp³-hybridized carbons (Fsp3) is 0.333. The number of anilines is 1. The smallest absolute Gasteiger partial charge is 0.257 e. The number of carbonyl (C=O) groups excluding carboxylic acids is 2. The van der Waals surface area contributed by atoms with Crippen molar-refractivity contribution < 1.29 is 9.59 Å². The molecule has 2 aromatic carbocycles. The molecule has 2 amide bonds. The highest BCUT2D eigenvalue weighted by Gasteiger charge is 2.42. The van der Waals surface area contributed by atoms with E-state index in [-0.39, 0.29) is 24.5 Å². The van der Waals surface area contributed by atoms with Gasteiger partial charge in [-0.15, -0.1) is 0 Å². The van der Waals surface area contributed by atoms with Crippen molar-refractivity contribution in [3.8, 4) is 0 Å². The van der Waals surface area contributed by atoms with Crippen LogP contribution < -0.4 is 10.2 Å². The lowest BCUT2D eigenvalue weighted by atomic mass is 9.96. The largest absolute Gasteiger partial charge is 0.352 e. The van der Waals surface area contributed by atoms with Crippen LogP contribution in [0, 0.1) is 0 Å². The SMILES string of the molecule is CN1c2ccccc2C(=O)N2CCc3c(n(CC(=O)NC4CC4)c4ccccc34)C21. The van der Waals surface area contributed by atoms with Gasteiger partial charge in [0.25, 0.3) is 5.91 Å². The first kappa shape index (κ1) is 17.6. The normalized spacial score (nSPS) is 20.0. The number of aromatic nitrogens is 1. The second-order valence-corrected chi connectivity index (χ2v) is 8.56. The molecule has 3 heterocycles. The maximum absolute atomic E-state index is 13.3. The molecule has 1 unspecified atom stereocenters. The number of fused-ring (bicyclic) bond motifs is 6. The number of carbonyl (C=O) groups is 2. The molecular formula is C24H24N4O2. The molecule has 3 aliphatic rings. The van der Waals surface area contributed by atoms with Gasteiger partial charge in [0.05, 0.1) is 16.9 Å². The first-order chi connectivity index (χ1) is 14.6. The van der Waals surface area contributed by atoms with Crippen LogP contribution in [0.3, 0.4) is 0 Å². The maximum atomic E-state index is 13.3. The monoisotopic (exact) mass is 400 g/mol. The predicted molar refractivity (Wildman–Crippen MR) is 115 cm³/mol. The van der Waals surface area contributed by atoms with Crippen molar-refractivity contribution in [3.05, 3.63) is 65.4 Å². The second kappa shape index (κ2) is 6.36. The molecule has 3 aromatic rings. The van der Waals surface area contributed by atoms with Gasteiger partial charge in [-0.05, 0) is 43.0 Å². The molecule has 6 rings (SSSR count). The zero-order chi connectivity index (χ0) is 20.4. The molecule has 0 saturated heterocycles. The van der Waals surface area contributed by atoms with Crippen molar-refractivity contribution in [2.24, 2.45) is 0 Å². The first-order valence-corrected chi connectivity index (χ1v) is 10.7. The number of hydrogen-bond acceptors (Lipinski definition) is 3. The van der Waals surface area contributed by atoms with Gasteiger partial charge in [-0.1, -0.05) is 30.3 Å². The molecule has 0 radical (unpaired) electrons. The Morgan fingerprint density at radius 1 is 1.10 bits per heavy atom. The highest BCUT2D eigenvalue weighted by atomic mass is 16.2. The summed E-state index contributed by atoms with van der Waals surface area (Å²) < 4.78 is 2.14. The van der Waals surface area contributed by atoms with E-state index in [9.17, 15) is 9.59 Å². The highest BCUT2D eigenvalue weighted by Crippen LogP contribution is 2.44. The van der Waals surface area contributed by atoms with Gasteiger partial charge in [0.2, 0.25) is 5.91 Å². The molecular weight excluding hydrogens is 376 g/mol. The highest BCUT2D eigenvalue weighted by molar-refractivity contribution is 6.02. The average molecular weight is 400 g/mol. The molecule has 6 nitrogen and oxygen atoms in total. The zero-order valence-electron chi connectivity index (χ0n) is 17.0. The third kappa shape index (κ3) is 2.49. The lowest BCUT2D eigenvalue weighted by molar-refractivity contribution is -0.121. The molecule has 30 heavy (non-hydrogen) atoms. The first-order valence-electron chi connectivity index (χ1n) is 10.7. The average Bonchev–Trinajstić information content (AvgIpc) is 3.53. The van der Waals surface area contributed by atoms with Crippen LogP contribution in [0.2, 0.25) is 0 Å². The summed E-state index contributed by atoms with van der Waals surface area (Å²) >= 11 is 0. The van der Waals surface area contributed by atoms with Gasteiger partial charge in [0, 0.05) is 30.5 Å². The lowest BCUT2D eigenvalue weighted by Crippen LogP contribution is -2.51. The van der Waals surface area contributed by atoms with Crippen molar-refractivity contribution in [1.82, 2.24) is 14.8 Å². The zero-order valence-corrected chi connectivity index (χ0v) is 17.0. The molecule has 1 saturated carbocycles. The standard InChI is InChI=1S/C24H24N4O2/c1-26-19-8-4-3-7-18(19)24(30)27-13-12-17-16-6-2-5-9-20(16)28(22(17)23(26)27)14-21(29)25-15-10-11-15/h2-9,15,23H,10-14H2,1H3,(H,25,29). The minimum atomic E-state index is -0.211. The van der Waals surface area contributed by atoms with Crippen molar-refractivity contribution >= 4 is 28.4 Å². The molecule has 2 aliphatic heterocycles. The van der Waals surface area contributed by atoms with Gasteiger partial charge in [-0.25, -0.2) is 0 Å². The molecule has 1 fully saturated rings. The van der Waals surface area contributed by atoms with E-state index in [0.29, 0.717) is 12.6 Å². The Morgan fingerprint density at radius 3 is 2.70 bits per heavy atom. The van der Waals surface area contributed by atoms with Crippen molar-refractivity contribution in [2.75, 3.05) is 18.5 Å². The molecule has 1 aliphatic carbocycles. The van der Waals surface area contributed by atoms with E-state index in [0.717, 1.165) is 41.7 Å². The van der Waals surface area contributed by atoms with E-state index in [1.54, 1.807) is 0 Å². The number of nitrogens with zero attached hydrogens (tertiary/aromatic N) is 3. The minimum absolute atomic E-state index is 0.0448. The number of hydrogen-bond donors (Lipinski definition) is 1. The molecule has 1 atom stereocenters. The van der Waals surface area contributed by atoms with E-state index in [1.807, 2.05) is 42.3 Å². The van der Waals surface area contributed by atoms with Gasteiger partial charge in [-0.3, -0.25) is 9.59 Å². The van der Waals surface area contributed by atoms with E-state index < -0.39 is 0 Å². The summed E-state index contributed by atoms with van der Waals surface area (Å²) in [5.74, 6) is 0.113. The molecule has 0 bridgehead atoms. The topological polar surface area (TPSA) is 57.6 Å². The van der Waals surface area contributed by atoms with E-state index in [4.69, 9.17) is 0 Å². The molecule has 1 aromatic heterocycles. The Kier molecular flexibility index (Phi) is 3.72. The minimum Gasteiger partial charge on any atom is -0.352 e. The molecule has 152 valence electrons. The number of rotatable bonds is 3. The van der Waals surface area contributed by atoms with Crippen LogP contribution in [0.5, 0.6) is 0 Å². The van der Waals surface area contributed by atoms with E-state index >= 15 is 0 Å². The second-order valence-electron chi connectivity index (χ2n) is 8.56. The maximum Gasteiger partial charge on any atom is 0.257 e. The lowest BCUT2D eigenvalue weighted by Gasteiger charge is -2.46. The Bertz CT molecular complexity index is 1190. The number of nitrogens with one attached hydrogen (secondary N) is 1. The summed E-state index contributed by atoms with van der Waals surface area (Å²) in [6, 6.07) is 16.4. The Morgan fingerprint density at radius 2 is 1.87 bits per heavy atom. The van der Waals surface area contributed by atoms with Gasteiger partial charge in [0.15, 0.2) is 0 Å². The van der Waals surface area contributed by atoms with Crippen LogP contribution in [-0.2, 0) is 17.8 Å². The van der Waals surface area contributed by atoms with Crippen LogP contribution in [0.1, 0.15) is 40.6 Å².